The van der Waals surface area contributed by atoms with Crippen molar-refractivity contribution >= 4 is 23.4 Å². The first kappa shape index (κ1) is 18.5. The molecule has 1 aliphatic heterocycles. The number of hydrogen-bond acceptors (Lipinski definition) is 2. The van der Waals surface area contributed by atoms with Gasteiger partial charge in [-0.1, -0.05) is 41.9 Å². The summed E-state index contributed by atoms with van der Waals surface area (Å²) in [5.74, 6) is 0.476. The molecule has 1 fully saturated rings. The first-order valence-corrected chi connectivity index (χ1v) is 9.35. The van der Waals surface area contributed by atoms with E-state index in [1.54, 1.807) is 0 Å². The van der Waals surface area contributed by atoms with Crippen LogP contribution in [0.15, 0.2) is 54.6 Å². The quantitative estimate of drug-likeness (QED) is 0.867. The van der Waals surface area contributed by atoms with Gasteiger partial charge in [0, 0.05) is 36.6 Å². The van der Waals surface area contributed by atoms with Gasteiger partial charge in [-0.2, -0.15) is 0 Å². The second kappa shape index (κ2) is 8.86. The van der Waals surface area contributed by atoms with E-state index >= 15 is 0 Å². The molecule has 0 bridgehead atoms. The number of amides is 2. The number of carbonyl (C=O) groups is 2. The van der Waals surface area contributed by atoms with Crippen molar-refractivity contribution in [3.63, 3.8) is 0 Å². The molecule has 4 nitrogen and oxygen atoms in total. The van der Waals surface area contributed by atoms with Crippen molar-refractivity contribution in [2.24, 2.45) is 5.92 Å². The van der Waals surface area contributed by atoms with Crippen LogP contribution in [-0.2, 0) is 11.3 Å². The highest BCUT2D eigenvalue weighted by atomic mass is 35.5. The van der Waals surface area contributed by atoms with Gasteiger partial charge in [0.1, 0.15) is 0 Å². The zero-order valence-corrected chi connectivity index (χ0v) is 15.4. The van der Waals surface area contributed by atoms with E-state index < -0.39 is 0 Å². The fraction of sp³-hybridized carbons (Fsp3) is 0.333. The first-order valence-electron chi connectivity index (χ1n) is 8.97. The van der Waals surface area contributed by atoms with Crippen molar-refractivity contribution in [2.45, 2.75) is 25.8 Å². The number of nitrogens with zero attached hydrogens (tertiary/aromatic N) is 1. The summed E-state index contributed by atoms with van der Waals surface area (Å²) >= 11 is 5.86. The molecular formula is C21H23ClN2O2. The molecule has 0 aromatic heterocycles. The molecule has 136 valence electrons. The lowest BCUT2D eigenvalue weighted by molar-refractivity contribution is -0.122. The molecular weight excluding hydrogens is 348 g/mol. The van der Waals surface area contributed by atoms with Gasteiger partial charge in [-0.25, -0.2) is 0 Å². The fourth-order valence-corrected chi connectivity index (χ4v) is 3.37. The highest BCUT2D eigenvalue weighted by Gasteiger charge is 2.24. The predicted molar refractivity (Wildman–Crippen MR) is 103 cm³/mol. The molecule has 2 aromatic carbocycles. The summed E-state index contributed by atoms with van der Waals surface area (Å²) < 4.78 is 0. The van der Waals surface area contributed by atoms with Crippen LogP contribution in [0.4, 0.5) is 0 Å². The Labute approximate surface area is 159 Å². The van der Waals surface area contributed by atoms with Gasteiger partial charge in [0.2, 0.25) is 5.91 Å². The Morgan fingerprint density at radius 3 is 2.31 bits per heavy atom. The van der Waals surface area contributed by atoms with Crippen molar-refractivity contribution in [1.29, 1.82) is 0 Å². The Morgan fingerprint density at radius 1 is 1.00 bits per heavy atom. The number of halogens is 1. The van der Waals surface area contributed by atoms with Gasteiger partial charge in [0.15, 0.2) is 0 Å². The van der Waals surface area contributed by atoms with Crippen molar-refractivity contribution in [3.8, 4) is 0 Å². The van der Waals surface area contributed by atoms with E-state index in [4.69, 9.17) is 11.6 Å². The molecule has 1 heterocycles. The first-order chi connectivity index (χ1) is 12.6. The molecule has 0 unspecified atom stereocenters. The largest absolute Gasteiger partial charge is 0.352 e. The number of likely N-dealkylation sites (tertiary alicyclic amines) is 1. The number of carbonyl (C=O) groups excluding carboxylic acids is 2. The highest BCUT2D eigenvalue weighted by molar-refractivity contribution is 6.30. The Bertz CT molecular complexity index is 738. The molecule has 2 amide bonds. The van der Waals surface area contributed by atoms with Gasteiger partial charge in [-0.05, 0) is 48.6 Å². The van der Waals surface area contributed by atoms with Crippen LogP contribution in [0.3, 0.4) is 0 Å². The van der Waals surface area contributed by atoms with Gasteiger partial charge in [-0.3, -0.25) is 9.59 Å². The molecule has 3 rings (SSSR count). The number of rotatable bonds is 5. The van der Waals surface area contributed by atoms with Gasteiger partial charge >= 0.3 is 0 Å². The highest BCUT2D eigenvalue weighted by Crippen LogP contribution is 2.22. The molecule has 1 N–H and O–H groups in total. The smallest absolute Gasteiger partial charge is 0.253 e. The molecule has 2 aromatic rings. The molecule has 0 saturated carbocycles. The van der Waals surface area contributed by atoms with Crippen LogP contribution in [0, 0.1) is 5.92 Å². The van der Waals surface area contributed by atoms with Crippen LogP contribution in [0.5, 0.6) is 0 Å². The van der Waals surface area contributed by atoms with Crippen molar-refractivity contribution < 1.29 is 9.59 Å². The summed E-state index contributed by atoms with van der Waals surface area (Å²) in [4.78, 5) is 26.5. The van der Waals surface area contributed by atoms with E-state index in [2.05, 4.69) is 5.32 Å². The van der Waals surface area contributed by atoms with Crippen LogP contribution < -0.4 is 5.32 Å². The van der Waals surface area contributed by atoms with Crippen molar-refractivity contribution in [1.82, 2.24) is 10.2 Å². The molecule has 26 heavy (non-hydrogen) atoms. The maximum absolute atomic E-state index is 12.4. The third-order valence-corrected chi connectivity index (χ3v) is 5.05. The number of benzene rings is 2. The number of nitrogens with one attached hydrogen (secondary N) is 1. The average Bonchev–Trinajstić information content (AvgIpc) is 2.68. The molecule has 0 radical (unpaired) electrons. The molecule has 5 heteroatoms. The molecule has 1 aliphatic rings. The number of piperidine rings is 1. The molecule has 1 saturated heterocycles. The van der Waals surface area contributed by atoms with Crippen molar-refractivity contribution in [3.05, 3.63) is 70.7 Å². The van der Waals surface area contributed by atoms with E-state index in [1.807, 2.05) is 59.5 Å². The summed E-state index contributed by atoms with van der Waals surface area (Å²) in [6.45, 7) is 1.94. The van der Waals surface area contributed by atoms with E-state index in [9.17, 15) is 9.59 Å². The Hall–Kier alpha value is -2.33. The van der Waals surface area contributed by atoms with Crippen LogP contribution in [0.2, 0.25) is 5.02 Å². The molecule has 0 aliphatic carbocycles. The Kier molecular flexibility index (Phi) is 6.29. The van der Waals surface area contributed by atoms with Gasteiger partial charge < -0.3 is 10.2 Å². The minimum atomic E-state index is 0.0628. The third-order valence-electron chi connectivity index (χ3n) is 4.80. The minimum absolute atomic E-state index is 0.0628. The monoisotopic (exact) mass is 370 g/mol. The van der Waals surface area contributed by atoms with Crippen LogP contribution in [-0.4, -0.2) is 29.8 Å². The van der Waals surface area contributed by atoms with Crippen LogP contribution >= 0.6 is 11.6 Å². The Morgan fingerprint density at radius 2 is 1.65 bits per heavy atom. The summed E-state index contributed by atoms with van der Waals surface area (Å²) in [6.07, 6.45) is 2.25. The third kappa shape index (κ3) is 5.09. The fourth-order valence-electron chi connectivity index (χ4n) is 3.24. The van der Waals surface area contributed by atoms with Crippen LogP contribution in [0.1, 0.15) is 35.2 Å². The summed E-state index contributed by atoms with van der Waals surface area (Å²) in [6, 6.07) is 16.8. The second-order valence-electron chi connectivity index (χ2n) is 6.71. The maximum Gasteiger partial charge on any atom is 0.253 e. The SMILES string of the molecule is O=C(CC1CCN(C(=O)c2ccccc2)CC1)NCc1ccc(Cl)cc1. The summed E-state index contributed by atoms with van der Waals surface area (Å²) in [7, 11) is 0. The average molecular weight is 371 g/mol. The standard InChI is InChI=1S/C21H23ClN2O2/c22-19-8-6-17(7-9-19)15-23-20(25)14-16-10-12-24(13-11-16)21(26)18-4-2-1-3-5-18/h1-9,16H,10-15H2,(H,23,25). The zero-order chi connectivity index (χ0) is 18.4. The van der Waals surface area contributed by atoms with Crippen LogP contribution in [0.25, 0.3) is 0 Å². The second-order valence-corrected chi connectivity index (χ2v) is 7.15. The molecule has 0 atom stereocenters. The number of hydrogen-bond donors (Lipinski definition) is 1. The topological polar surface area (TPSA) is 49.4 Å². The normalized spacial score (nSPS) is 14.9. The van der Waals surface area contributed by atoms with Gasteiger partial charge in [0.05, 0.1) is 0 Å². The molecule has 0 spiro atoms. The van der Waals surface area contributed by atoms with Crippen molar-refractivity contribution in [2.75, 3.05) is 13.1 Å². The summed E-state index contributed by atoms with van der Waals surface area (Å²) in [5, 5.41) is 3.65. The minimum Gasteiger partial charge on any atom is -0.352 e. The van der Waals surface area contributed by atoms with Gasteiger partial charge in [0.25, 0.3) is 5.91 Å². The lowest BCUT2D eigenvalue weighted by Gasteiger charge is -2.31. The van der Waals surface area contributed by atoms with Gasteiger partial charge in [-0.15, -0.1) is 0 Å². The zero-order valence-electron chi connectivity index (χ0n) is 14.7. The summed E-state index contributed by atoms with van der Waals surface area (Å²) in [5.41, 5.74) is 1.76. The van der Waals surface area contributed by atoms with E-state index in [-0.39, 0.29) is 11.8 Å². The maximum atomic E-state index is 12.4. The van der Waals surface area contributed by atoms with E-state index in [1.165, 1.54) is 0 Å². The lowest BCUT2D eigenvalue weighted by atomic mass is 9.93. The Balaban J connectivity index is 1.41. The van der Waals surface area contributed by atoms with E-state index in [0.717, 1.165) is 24.0 Å². The van der Waals surface area contributed by atoms with E-state index in [0.29, 0.717) is 37.0 Å². The predicted octanol–water partition coefficient (Wildman–Crippen LogP) is 3.90. The lowest BCUT2D eigenvalue weighted by Crippen LogP contribution is -2.39.